The molecule has 0 aliphatic rings. The smallest absolute Gasteiger partial charge is 0.282 e. The maximum atomic E-state index is 13.2. The van der Waals surface area contributed by atoms with E-state index in [-0.39, 0.29) is 11.5 Å². The molecule has 2 heterocycles. The fraction of sp³-hybridized carbons (Fsp3) is 0.409. The van der Waals surface area contributed by atoms with Crippen molar-refractivity contribution in [1.82, 2.24) is 14.2 Å². The number of aromatic nitrogens is 3. The van der Waals surface area contributed by atoms with E-state index in [0.29, 0.717) is 23.3 Å². The standard InChI is InChI=1S/C22H27BrN4O2/c1-6-14(2)21-25-20-8-7-18(23)12-19(20)22(28)27(21)24-13-17-11-15(3)26(16(17)4)9-10-29-5/h7-8,11-14H,6,9-10H2,1-5H3/t14-/m1/s1. The van der Waals surface area contributed by atoms with Crippen LogP contribution in [-0.4, -0.2) is 34.2 Å². The Bertz CT molecular complexity index is 1110. The first-order valence-electron chi connectivity index (χ1n) is 9.79. The summed E-state index contributed by atoms with van der Waals surface area (Å²) in [6.07, 6.45) is 2.62. The molecule has 0 fully saturated rings. The molecule has 7 heteroatoms. The second kappa shape index (κ2) is 9.05. The number of fused-ring (bicyclic) bond motifs is 1. The molecule has 3 rings (SSSR count). The number of benzene rings is 1. The van der Waals surface area contributed by atoms with E-state index in [0.717, 1.165) is 34.4 Å². The van der Waals surface area contributed by atoms with Crippen LogP contribution in [0.15, 0.2) is 38.6 Å². The number of aryl methyl sites for hydroxylation is 1. The first-order chi connectivity index (χ1) is 13.9. The molecule has 0 spiro atoms. The lowest BCUT2D eigenvalue weighted by molar-refractivity contribution is 0.186. The van der Waals surface area contributed by atoms with Crippen LogP contribution in [0.4, 0.5) is 0 Å². The Balaban J connectivity index is 2.12. The van der Waals surface area contributed by atoms with Crippen molar-refractivity contribution in [2.24, 2.45) is 5.10 Å². The lowest BCUT2D eigenvalue weighted by atomic mass is 10.1. The van der Waals surface area contributed by atoms with Crippen molar-refractivity contribution >= 4 is 33.0 Å². The molecule has 0 unspecified atom stereocenters. The molecule has 0 amide bonds. The Morgan fingerprint density at radius 1 is 1.31 bits per heavy atom. The number of hydrogen-bond acceptors (Lipinski definition) is 4. The molecule has 0 saturated heterocycles. The van der Waals surface area contributed by atoms with Crippen LogP contribution in [0.25, 0.3) is 10.9 Å². The summed E-state index contributed by atoms with van der Waals surface area (Å²) in [6, 6.07) is 7.64. The lowest BCUT2D eigenvalue weighted by Crippen LogP contribution is -2.23. The van der Waals surface area contributed by atoms with E-state index < -0.39 is 0 Å². The number of methoxy groups -OCH3 is 1. The van der Waals surface area contributed by atoms with Gasteiger partial charge in [0.25, 0.3) is 5.56 Å². The molecule has 29 heavy (non-hydrogen) atoms. The second-order valence-electron chi connectivity index (χ2n) is 7.27. The number of nitrogens with zero attached hydrogens (tertiary/aromatic N) is 4. The van der Waals surface area contributed by atoms with Gasteiger partial charge in [-0.1, -0.05) is 29.8 Å². The summed E-state index contributed by atoms with van der Waals surface area (Å²) in [6.45, 7) is 9.69. The van der Waals surface area contributed by atoms with Crippen LogP contribution in [0.1, 0.15) is 49.0 Å². The van der Waals surface area contributed by atoms with Crippen LogP contribution in [0.3, 0.4) is 0 Å². The third-order valence-electron chi connectivity index (χ3n) is 5.33. The van der Waals surface area contributed by atoms with Crippen LogP contribution in [0, 0.1) is 13.8 Å². The summed E-state index contributed by atoms with van der Waals surface area (Å²) >= 11 is 3.44. The van der Waals surface area contributed by atoms with Gasteiger partial charge in [-0.25, -0.2) is 4.98 Å². The first-order valence-corrected chi connectivity index (χ1v) is 10.6. The Labute approximate surface area is 179 Å². The average Bonchev–Trinajstić information content (AvgIpc) is 2.98. The average molecular weight is 459 g/mol. The van der Waals surface area contributed by atoms with Crippen LogP contribution in [-0.2, 0) is 11.3 Å². The Morgan fingerprint density at radius 2 is 2.07 bits per heavy atom. The highest BCUT2D eigenvalue weighted by Gasteiger charge is 2.16. The zero-order valence-corrected chi connectivity index (χ0v) is 19.2. The van der Waals surface area contributed by atoms with Crippen molar-refractivity contribution in [2.45, 2.75) is 46.6 Å². The normalized spacial score (nSPS) is 12.9. The van der Waals surface area contributed by atoms with Gasteiger partial charge >= 0.3 is 0 Å². The fourth-order valence-electron chi connectivity index (χ4n) is 3.38. The minimum Gasteiger partial charge on any atom is -0.383 e. The monoisotopic (exact) mass is 458 g/mol. The van der Waals surface area contributed by atoms with Crippen molar-refractivity contribution in [3.05, 3.63) is 61.9 Å². The second-order valence-corrected chi connectivity index (χ2v) is 8.19. The SMILES string of the molecule is CC[C@@H](C)c1nc2ccc(Br)cc2c(=O)n1N=Cc1cc(C)n(CCOC)c1C. The Kier molecular flexibility index (Phi) is 6.70. The quantitative estimate of drug-likeness (QED) is 0.485. The molecular weight excluding hydrogens is 432 g/mol. The molecule has 0 aliphatic carbocycles. The molecule has 6 nitrogen and oxygen atoms in total. The van der Waals surface area contributed by atoms with Crippen molar-refractivity contribution in [3.63, 3.8) is 0 Å². The third-order valence-corrected chi connectivity index (χ3v) is 5.82. The molecule has 2 aromatic heterocycles. The maximum Gasteiger partial charge on any atom is 0.282 e. The number of ether oxygens (including phenoxy) is 1. The van der Waals surface area contributed by atoms with Crippen molar-refractivity contribution in [2.75, 3.05) is 13.7 Å². The summed E-state index contributed by atoms with van der Waals surface area (Å²) in [5.41, 5.74) is 3.75. The van der Waals surface area contributed by atoms with Gasteiger partial charge in [0.1, 0.15) is 5.82 Å². The van der Waals surface area contributed by atoms with E-state index in [2.05, 4.69) is 59.4 Å². The molecule has 0 saturated carbocycles. The Morgan fingerprint density at radius 3 is 2.76 bits per heavy atom. The van der Waals surface area contributed by atoms with Crippen LogP contribution < -0.4 is 5.56 Å². The lowest BCUT2D eigenvalue weighted by Gasteiger charge is -2.14. The van der Waals surface area contributed by atoms with E-state index >= 15 is 0 Å². The van der Waals surface area contributed by atoms with Gasteiger partial charge in [-0.15, -0.1) is 0 Å². The fourth-order valence-corrected chi connectivity index (χ4v) is 3.75. The van der Waals surface area contributed by atoms with Gasteiger partial charge in [0.05, 0.1) is 23.7 Å². The maximum absolute atomic E-state index is 13.2. The number of hydrogen-bond donors (Lipinski definition) is 0. The van der Waals surface area contributed by atoms with Gasteiger partial charge in [0, 0.05) is 41.0 Å². The minimum absolute atomic E-state index is 0.113. The molecule has 0 aliphatic heterocycles. The molecule has 3 aromatic rings. The summed E-state index contributed by atoms with van der Waals surface area (Å²) in [7, 11) is 1.70. The van der Waals surface area contributed by atoms with Crippen molar-refractivity contribution in [3.8, 4) is 0 Å². The zero-order chi connectivity index (χ0) is 21.1. The van der Waals surface area contributed by atoms with Gasteiger partial charge in [0.15, 0.2) is 0 Å². The highest BCUT2D eigenvalue weighted by atomic mass is 79.9. The molecule has 0 radical (unpaired) electrons. The molecule has 1 atom stereocenters. The molecule has 0 bridgehead atoms. The van der Waals surface area contributed by atoms with Gasteiger partial charge in [0.2, 0.25) is 0 Å². The molecule has 1 aromatic carbocycles. The summed E-state index contributed by atoms with van der Waals surface area (Å²) in [5.74, 6) is 0.791. The van der Waals surface area contributed by atoms with Crippen molar-refractivity contribution in [1.29, 1.82) is 0 Å². The third kappa shape index (κ3) is 4.36. The van der Waals surface area contributed by atoms with Crippen LogP contribution >= 0.6 is 15.9 Å². The van der Waals surface area contributed by atoms with E-state index in [1.165, 1.54) is 4.68 Å². The summed E-state index contributed by atoms with van der Waals surface area (Å²) in [5, 5.41) is 5.13. The highest BCUT2D eigenvalue weighted by Crippen LogP contribution is 2.21. The van der Waals surface area contributed by atoms with Crippen molar-refractivity contribution < 1.29 is 4.74 Å². The van der Waals surface area contributed by atoms with Gasteiger partial charge < -0.3 is 9.30 Å². The highest BCUT2D eigenvalue weighted by molar-refractivity contribution is 9.10. The van der Waals surface area contributed by atoms with Gasteiger partial charge in [-0.3, -0.25) is 4.79 Å². The van der Waals surface area contributed by atoms with E-state index in [4.69, 9.17) is 9.72 Å². The predicted octanol–water partition coefficient (Wildman–Crippen LogP) is 4.62. The number of rotatable bonds is 7. The predicted molar refractivity (Wildman–Crippen MR) is 121 cm³/mol. The first kappa shape index (κ1) is 21.5. The minimum atomic E-state index is -0.156. The molecule has 154 valence electrons. The number of halogens is 1. The van der Waals surface area contributed by atoms with E-state index in [1.807, 2.05) is 12.1 Å². The summed E-state index contributed by atoms with van der Waals surface area (Å²) < 4.78 is 9.69. The molecule has 0 N–H and O–H groups in total. The topological polar surface area (TPSA) is 61.4 Å². The van der Waals surface area contributed by atoms with Gasteiger partial charge in [-0.05, 0) is 44.5 Å². The van der Waals surface area contributed by atoms with Crippen LogP contribution in [0.2, 0.25) is 0 Å². The van der Waals surface area contributed by atoms with E-state index in [9.17, 15) is 4.79 Å². The zero-order valence-electron chi connectivity index (χ0n) is 17.6. The largest absolute Gasteiger partial charge is 0.383 e. The van der Waals surface area contributed by atoms with Crippen LogP contribution in [0.5, 0.6) is 0 Å². The summed E-state index contributed by atoms with van der Waals surface area (Å²) in [4.78, 5) is 18.0. The molecular formula is C22H27BrN4O2. The van der Waals surface area contributed by atoms with E-state index in [1.54, 1.807) is 19.4 Å². The Hall–Kier alpha value is -2.25. The van der Waals surface area contributed by atoms with Gasteiger partial charge in [-0.2, -0.15) is 9.78 Å².